The summed E-state index contributed by atoms with van der Waals surface area (Å²) >= 11 is 6.08. The Morgan fingerprint density at radius 3 is 2.54 bits per heavy atom. The summed E-state index contributed by atoms with van der Waals surface area (Å²) in [5.74, 6) is -0.502. The molecule has 1 aromatic carbocycles. The molecule has 0 aromatic heterocycles. The van der Waals surface area contributed by atoms with Gasteiger partial charge < -0.3 is 15.7 Å². The molecule has 3 N–H and O–H groups in total. The predicted molar refractivity (Wildman–Crippen MR) is 101 cm³/mol. The molecule has 0 saturated heterocycles. The fourth-order valence-electron chi connectivity index (χ4n) is 3.63. The van der Waals surface area contributed by atoms with Crippen LogP contribution in [0.3, 0.4) is 0 Å². The van der Waals surface area contributed by atoms with Crippen LogP contribution in [0.2, 0.25) is 5.02 Å². The minimum atomic E-state index is -3.75. The van der Waals surface area contributed by atoms with Gasteiger partial charge in [0.1, 0.15) is 4.90 Å². The summed E-state index contributed by atoms with van der Waals surface area (Å²) in [6.45, 7) is 1.95. The fourth-order valence-corrected chi connectivity index (χ4v) is 6.12. The highest BCUT2D eigenvalue weighted by Gasteiger charge is 2.35. The van der Waals surface area contributed by atoms with Crippen molar-refractivity contribution in [3.63, 3.8) is 0 Å². The number of halogens is 1. The number of hydrogen-bond donors (Lipinski definition) is 3. The number of benzene rings is 1. The Hall–Kier alpha value is -1.73. The number of carbonyl (C=O) groups excluding carboxylic acids is 1. The molecule has 142 valence electrons. The number of carbonyl (C=O) groups is 1. The minimum absolute atomic E-state index is 0.0306. The molecule has 1 unspecified atom stereocenters. The van der Waals surface area contributed by atoms with Gasteiger partial charge in [0.25, 0.3) is 0 Å². The Labute approximate surface area is 158 Å². The molecule has 2 aliphatic rings. The maximum Gasteiger partial charge on any atom is 0.319 e. The van der Waals surface area contributed by atoms with Crippen molar-refractivity contribution in [2.45, 2.75) is 61.6 Å². The number of phenols is 1. The molecule has 1 saturated carbocycles. The van der Waals surface area contributed by atoms with Crippen LogP contribution in [0.25, 0.3) is 0 Å². The molecule has 0 heterocycles. The molecule has 0 aliphatic heterocycles. The largest absolute Gasteiger partial charge is 0.504 e. The number of aromatic hydroxyl groups is 1. The average Bonchev–Trinajstić information content (AvgIpc) is 3.23. The molecule has 0 bridgehead atoms. The van der Waals surface area contributed by atoms with Crippen LogP contribution in [0, 0.1) is 0 Å². The highest BCUT2D eigenvalue weighted by Crippen LogP contribution is 2.41. The summed E-state index contributed by atoms with van der Waals surface area (Å²) in [5.41, 5.74) is 1.12. The van der Waals surface area contributed by atoms with Crippen LogP contribution < -0.4 is 10.6 Å². The highest BCUT2D eigenvalue weighted by atomic mass is 35.5. The van der Waals surface area contributed by atoms with Gasteiger partial charge in [0.2, 0.25) is 0 Å². The van der Waals surface area contributed by atoms with Crippen molar-refractivity contribution in [2.24, 2.45) is 0 Å². The average molecular weight is 399 g/mol. The number of nitrogens with one attached hydrogen (secondary N) is 2. The van der Waals surface area contributed by atoms with Gasteiger partial charge in [-0.25, -0.2) is 13.2 Å². The van der Waals surface area contributed by atoms with Crippen LogP contribution in [0.5, 0.6) is 5.75 Å². The second kappa shape index (κ2) is 7.48. The van der Waals surface area contributed by atoms with Gasteiger partial charge in [0, 0.05) is 0 Å². The lowest BCUT2D eigenvalue weighted by molar-refractivity contribution is 0.249. The van der Waals surface area contributed by atoms with E-state index in [0.717, 1.165) is 31.3 Å². The van der Waals surface area contributed by atoms with E-state index in [2.05, 4.69) is 16.7 Å². The number of hydrogen-bond acceptors (Lipinski definition) is 4. The van der Waals surface area contributed by atoms with E-state index in [9.17, 15) is 18.3 Å². The molecule has 3 rings (SSSR count). The molecular weight excluding hydrogens is 376 g/mol. The van der Waals surface area contributed by atoms with Crippen molar-refractivity contribution in [3.8, 4) is 5.75 Å². The molecule has 1 aromatic rings. The van der Waals surface area contributed by atoms with Crippen molar-refractivity contribution >= 4 is 33.2 Å². The van der Waals surface area contributed by atoms with Crippen molar-refractivity contribution < 1.29 is 18.3 Å². The topological polar surface area (TPSA) is 95.5 Å². The molecule has 0 spiro atoms. The van der Waals surface area contributed by atoms with Gasteiger partial charge >= 0.3 is 6.03 Å². The summed E-state index contributed by atoms with van der Waals surface area (Å²) in [5, 5.41) is 15.3. The number of amides is 2. The van der Waals surface area contributed by atoms with Crippen molar-refractivity contribution in [3.05, 3.63) is 28.8 Å². The van der Waals surface area contributed by atoms with E-state index in [-0.39, 0.29) is 21.6 Å². The number of sulfone groups is 1. The molecule has 6 nitrogen and oxygen atoms in total. The summed E-state index contributed by atoms with van der Waals surface area (Å²) in [6.07, 6.45) is 6.61. The Kier molecular flexibility index (Phi) is 5.48. The van der Waals surface area contributed by atoms with Crippen LogP contribution in [0.1, 0.15) is 45.4 Å². The predicted octanol–water partition coefficient (Wildman–Crippen LogP) is 3.99. The number of allylic oxidation sites excluding steroid dienone is 1. The molecule has 26 heavy (non-hydrogen) atoms. The zero-order chi connectivity index (χ0) is 18.9. The quantitative estimate of drug-likeness (QED) is 0.527. The van der Waals surface area contributed by atoms with Crippen LogP contribution in [0.15, 0.2) is 28.7 Å². The summed E-state index contributed by atoms with van der Waals surface area (Å²) in [4.78, 5) is 11.9. The minimum Gasteiger partial charge on any atom is -0.504 e. The van der Waals surface area contributed by atoms with E-state index in [0.29, 0.717) is 12.8 Å². The lowest BCUT2D eigenvalue weighted by Crippen LogP contribution is -2.37. The number of anilines is 1. The first-order chi connectivity index (χ1) is 12.3. The van der Waals surface area contributed by atoms with Gasteiger partial charge in [0.05, 0.1) is 22.0 Å². The molecule has 1 atom stereocenters. The van der Waals surface area contributed by atoms with E-state index in [1.54, 1.807) is 0 Å². The summed E-state index contributed by atoms with van der Waals surface area (Å²) < 4.78 is 25.7. The number of phenolic OH excluding ortho intramolecular Hbond substituents is 1. The Morgan fingerprint density at radius 1 is 1.23 bits per heavy atom. The molecule has 2 aliphatic carbocycles. The Bertz CT molecular complexity index is 845. The van der Waals surface area contributed by atoms with Crippen LogP contribution in [0.4, 0.5) is 10.5 Å². The Morgan fingerprint density at radius 2 is 1.92 bits per heavy atom. The third kappa shape index (κ3) is 3.69. The maximum atomic E-state index is 12.9. The normalized spacial score (nSPS) is 20.8. The standard InChI is InChI=1S/C18H23ClN2O4S/c1-11-5-4-8-14(11)20-18(23)21-15-10-9-13(19)17(16(15)22)26(24,25)12-6-2-3-7-12/h5,9-10,12,14,22H,2-4,6-8H2,1H3,(H2,20,21,23). The van der Waals surface area contributed by atoms with Gasteiger partial charge in [-0.05, 0) is 44.7 Å². The molecule has 2 amide bonds. The first-order valence-corrected chi connectivity index (χ1v) is 10.7. The number of rotatable bonds is 4. The second-order valence-corrected chi connectivity index (χ2v) is 9.47. The highest BCUT2D eigenvalue weighted by molar-refractivity contribution is 7.92. The van der Waals surface area contributed by atoms with Crippen LogP contribution in [-0.4, -0.2) is 30.8 Å². The lowest BCUT2D eigenvalue weighted by Gasteiger charge is -2.18. The van der Waals surface area contributed by atoms with Crippen molar-refractivity contribution in [1.82, 2.24) is 5.32 Å². The lowest BCUT2D eigenvalue weighted by atomic mass is 10.2. The zero-order valence-electron chi connectivity index (χ0n) is 14.6. The molecule has 0 radical (unpaired) electrons. The third-order valence-electron chi connectivity index (χ3n) is 5.13. The second-order valence-electron chi connectivity index (χ2n) is 6.90. The van der Waals surface area contributed by atoms with Crippen molar-refractivity contribution in [2.75, 3.05) is 5.32 Å². The fraction of sp³-hybridized carbons (Fsp3) is 0.500. The third-order valence-corrected chi connectivity index (χ3v) is 7.89. The number of urea groups is 1. The van der Waals surface area contributed by atoms with E-state index in [1.165, 1.54) is 12.1 Å². The van der Waals surface area contributed by atoms with Crippen molar-refractivity contribution in [1.29, 1.82) is 0 Å². The van der Waals surface area contributed by atoms with E-state index in [1.807, 2.05) is 6.92 Å². The molecular formula is C18H23ClN2O4S. The maximum absolute atomic E-state index is 12.9. The van der Waals surface area contributed by atoms with Gasteiger partial charge in [-0.15, -0.1) is 0 Å². The first-order valence-electron chi connectivity index (χ1n) is 8.80. The summed E-state index contributed by atoms with van der Waals surface area (Å²) in [7, 11) is -3.75. The summed E-state index contributed by atoms with van der Waals surface area (Å²) in [6, 6.07) is 2.25. The van der Waals surface area contributed by atoms with Crippen LogP contribution in [-0.2, 0) is 9.84 Å². The van der Waals surface area contributed by atoms with Gasteiger partial charge in [-0.3, -0.25) is 0 Å². The van der Waals surface area contributed by atoms with Crippen LogP contribution >= 0.6 is 11.6 Å². The van der Waals surface area contributed by atoms with Gasteiger partial charge in [-0.2, -0.15) is 0 Å². The smallest absolute Gasteiger partial charge is 0.319 e. The van der Waals surface area contributed by atoms with E-state index >= 15 is 0 Å². The van der Waals surface area contributed by atoms with Gasteiger partial charge in [-0.1, -0.05) is 36.1 Å². The van der Waals surface area contributed by atoms with E-state index in [4.69, 9.17) is 11.6 Å². The molecule has 1 fully saturated rings. The first kappa shape index (κ1) is 19.0. The molecule has 8 heteroatoms. The monoisotopic (exact) mass is 398 g/mol. The SMILES string of the molecule is CC1=CCCC1NC(=O)Nc1ccc(Cl)c(S(=O)(=O)C2CCCC2)c1O. The van der Waals surface area contributed by atoms with Gasteiger partial charge in [0.15, 0.2) is 15.6 Å². The Balaban J connectivity index is 1.83. The zero-order valence-corrected chi connectivity index (χ0v) is 16.2. The van der Waals surface area contributed by atoms with E-state index < -0.39 is 26.9 Å².